The van der Waals surface area contributed by atoms with Crippen LogP contribution in [0.3, 0.4) is 0 Å². The third-order valence-corrected chi connectivity index (χ3v) is 8.15. The van der Waals surface area contributed by atoms with Gasteiger partial charge in [0.25, 0.3) is 0 Å². The van der Waals surface area contributed by atoms with Crippen molar-refractivity contribution in [2.75, 3.05) is 0 Å². The Morgan fingerprint density at radius 1 is 0.524 bits per heavy atom. The topological polar surface area (TPSA) is 25.8 Å². The van der Waals surface area contributed by atoms with Crippen LogP contribution in [0.25, 0.3) is 33.6 Å². The fourth-order valence-electron chi connectivity index (χ4n) is 6.40. The summed E-state index contributed by atoms with van der Waals surface area (Å²) in [6, 6.07) is 50.3. The number of pyridine rings is 2. The minimum atomic E-state index is -0.658. The zero-order chi connectivity index (χ0) is 27.8. The monoisotopic (exact) mass is 720 g/mol. The minimum absolute atomic E-state index is 0. The molecule has 3 heteroatoms. The molecule has 208 valence electrons. The van der Waals surface area contributed by atoms with Crippen LogP contribution in [0.4, 0.5) is 0 Å². The van der Waals surface area contributed by atoms with E-state index in [0.717, 1.165) is 46.7 Å². The van der Waals surface area contributed by atoms with Gasteiger partial charge in [-0.2, -0.15) is 6.92 Å². The van der Waals surface area contributed by atoms with E-state index in [-0.39, 0.29) is 21.1 Å². The average Bonchev–Trinajstić information content (AvgIpc) is 3.36. The van der Waals surface area contributed by atoms with Crippen molar-refractivity contribution >= 4 is 0 Å². The van der Waals surface area contributed by atoms with E-state index < -0.39 is 5.41 Å². The number of aryl methyl sites for hydroxylation is 2. The van der Waals surface area contributed by atoms with E-state index in [1.165, 1.54) is 33.4 Å². The molecule has 0 radical (unpaired) electrons. The van der Waals surface area contributed by atoms with Crippen LogP contribution in [0.15, 0.2) is 121 Å². The summed E-state index contributed by atoms with van der Waals surface area (Å²) in [5.41, 5.74) is 12.4. The number of aromatic nitrogens is 2. The first-order chi connectivity index (χ1) is 20.3. The Morgan fingerprint density at radius 2 is 0.952 bits per heavy atom. The van der Waals surface area contributed by atoms with Crippen molar-refractivity contribution in [2.45, 2.75) is 25.2 Å². The van der Waals surface area contributed by atoms with Gasteiger partial charge in [0.15, 0.2) is 0 Å². The molecule has 1 aliphatic heterocycles. The molecule has 4 aromatic carbocycles. The number of nitrogens with zero attached hydrogens (tertiary/aromatic N) is 2. The number of fused-ring (bicyclic) bond motifs is 17. The first kappa shape index (κ1) is 28.0. The summed E-state index contributed by atoms with van der Waals surface area (Å²) in [7, 11) is 0. The van der Waals surface area contributed by atoms with Crippen LogP contribution in [0.5, 0.6) is 0 Å². The molecular formula is C39H29N2Pt-3. The van der Waals surface area contributed by atoms with Gasteiger partial charge in [0.2, 0.25) is 0 Å². The van der Waals surface area contributed by atoms with Crippen molar-refractivity contribution in [2.24, 2.45) is 0 Å². The van der Waals surface area contributed by atoms with Gasteiger partial charge in [0, 0.05) is 21.1 Å². The molecule has 2 aliphatic rings. The molecule has 2 nitrogen and oxygen atoms in total. The van der Waals surface area contributed by atoms with Crippen LogP contribution in [-0.2, 0) is 39.3 Å². The van der Waals surface area contributed by atoms with Gasteiger partial charge >= 0.3 is 0 Å². The van der Waals surface area contributed by atoms with Crippen molar-refractivity contribution in [1.29, 1.82) is 0 Å². The van der Waals surface area contributed by atoms with Gasteiger partial charge in [0.05, 0.1) is 11.4 Å². The second-order valence-electron chi connectivity index (χ2n) is 10.3. The Bertz CT molecular complexity index is 1750. The maximum absolute atomic E-state index is 5.39. The molecule has 8 rings (SSSR count). The molecule has 0 fully saturated rings. The van der Waals surface area contributed by atoms with Crippen molar-refractivity contribution < 1.29 is 21.1 Å². The van der Waals surface area contributed by atoms with Gasteiger partial charge in [0.1, 0.15) is 5.41 Å². The summed E-state index contributed by atoms with van der Waals surface area (Å²) in [5, 5.41) is 0. The summed E-state index contributed by atoms with van der Waals surface area (Å²) in [4.78, 5) is 10.8. The Labute approximate surface area is 262 Å². The minimum Gasteiger partial charge on any atom is -0.346 e. The normalized spacial score (nSPS) is 13.3. The molecule has 3 heterocycles. The SMILES string of the molecule is [CH2-]C.[Pt].[c-]1c2cccc1-c1cccc(n1)C1(c3cccc(n3)-c3[c-]c(ccc3)CC2)c2ccccc2-c2ccccc21. The van der Waals surface area contributed by atoms with Crippen LogP contribution in [-0.4, -0.2) is 9.97 Å². The Kier molecular flexibility index (Phi) is 7.75. The van der Waals surface area contributed by atoms with Gasteiger partial charge in [-0.3, -0.25) is 9.97 Å². The molecule has 0 N–H and O–H groups in total. The van der Waals surface area contributed by atoms with E-state index in [9.17, 15) is 0 Å². The Balaban J connectivity index is 0.00000103. The predicted molar refractivity (Wildman–Crippen MR) is 166 cm³/mol. The quantitative estimate of drug-likeness (QED) is 0.147. The smallest absolute Gasteiger partial charge is 0.104 e. The zero-order valence-electron chi connectivity index (χ0n) is 23.4. The second kappa shape index (κ2) is 11.6. The summed E-state index contributed by atoms with van der Waals surface area (Å²) < 4.78 is 0. The van der Waals surface area contributed by atoms with Crippen LogP contribution in [0, 0.1) is 19.1 Å². The number of hydrogen-bond acceptors (Lipinski definition) is 2. The van der Waals surface area contributed by atoms with Gasteiger partial charge in [-0.1, -0.05) is 72.8 Å². The molecule has 1 spiro atoms. The summed E-state index contributed by atoms with van der Waals surface area (Å²) >= 11 is 0. The van der Waals surface area contributed by atoms with Gasteiger partial charge < -0.3 is 6.92 Å². The molecule has 1 aliphatic carbocycles. The predicted octanol–water partition coefficient (Wildman–Crippen LogP) is 8.71. The van der Waals surface area contributed by atoms with Crippen molar-refractivity contribution in [1.82, 2.24) is 9.97 Å². The molecule has 42 heavy (non-hydrogen) atoms. The maximum atomic E-state index is 5.39. The third kappa shape index (κ3) is 4.46. The van der Waals surface area contributed by atoms with E-state index in [4.69, 9.17) is 9.97 Å². The van der Waals surface area contributed by atoms with Crippen LogP contribution in [0.2, 0.25) is 0 Å². The third-order valence-electron chi connectivity index (χ3n) is 8.15. The van der Waals surface area contributed by atoms with Crippen molar-refractivity contribution in [3.8, 4) is 33.6 Å². The first-order valence-electron chi connectivity index (χ1n) is 14.2. The molecule has 8 bridgehead atoms. The summed E-state index contributed by atoms with van der Waals surface area (Å²) in [6.07, 6.45) is 1.79. The summed E-state index contributed by atoms with van der Waals surface area (Å²) in [5.74, 6) is 0. The molecule has 0 saturated carbocycles. The fraction of sp³-hybridized carbons (Fsp3) is 0.103. The fourth-order valence-corrected chi connectivity index (χ4v) is 6.40. The van der Waals surface area contributed by atoms with E-state index in [1.54, 1.807) is 6.92 Å². The number of benzene rings is 4. The van der Waals surface area contributed by atoms with Gasteiger partial charge in [-0.05, 0) is 58.6 Å². The average molecular weight is 721 g/mol. The van der Waals surface area contributed by atoms with Gasteiger partial charge in [-0.15, -0.1) is 70.8 Å². The standard InChI is InChI=1S/C37H24N2.C2H5.Pt/c1-3-15-31-29(13-1)30-14-2-4-16-32(30)37(31)35-19-7-17-33(38-35)27-11-5-9-25(23-27)21-22-26-10-6-12-28(24-26)34-18-8-20-36(37)39-34;1-2;/h1-20H,21-22H2;1H2,2H3;/q-2;-1;. The van der Waals surface area contributed by atoms with Crippen molar-refractivity contribution in [3.63, 3.8) is 0 Å². The van der Waals surface area contributed by atoms with E-state index in [0.29, 0.717) is 0 Å². The molecular weight excluding hydrogens is 692 g/mol. The molecule has 6 aromatic rings. The first-order valence-corrected chi connectivity index (χ1v) is 14.2. The maximum Gasteiger partial charge on any atom is 0.104 e. The zero-order valence-corrected chi connectivity index (χ0v) is 25.7. The summed E-state index contributed by atoms with van der Waals surface area (Å²) in [6.45, 7) is 5.00. The molecule has 0 saturated heterocycles. The Morgan fingerprint density at radius 3 is 1.43 bits per heavy atom. The van der Waals surface area contributed by atoms with E-state index in [2.05, 4.69) is 140 Å². The molecule has 0 unspecified atom stereocenters. The van der Waals surface area contributed by atoms with Crippen LogP contribution in [0.1, 0.15) is 40.6 Å². The van der Waals surface area contributed by atoms with Gasteiger partial charge in [-0.25, -0.2) is 0 Å². The molecule has 2 aromatic heterocycles. The second-order valence-corrected chi connectivity index (χ2v) is 10.3. The van der Waals surface area contributed by atoms with E-state index in [1.807, 2.05) is 0 Å². The molecule has 0 amide bonds. The van der Waals surface area contributed by atoms with Crippen molar-refractivity contribution in [3.05, 3.63) is 174 Å². The van der Waals surface area contributed by atoms with Crippen LogP contribution < -0.4 is 0 Å². The molecule has 0 atom stereocenters. The van der Waals surface area contributed by atoms with E-state index >= 15 is 0 Å². The largest absolute Gasteiger partial charge is 0.346 e. The Hall–Kier alpha value is -4.13. The number of hydrogen-bond donors (Lipinski definition) is 0. The number of rotatable bonds is 0. The van der Waals surface area contributed by atoms with Crippen LogP contribution >= 0.6 is 0 Å².